The number of carbonyl (C=O) groups is 1. The van der Waals surface area contributed by atoms with Crippen molar-refractivity contribution in [1.82, 2.24) is 25.1 Å². The first-order valence-corrected chi connectivity index (χ1v) is 13.4. The number of rotatable bonds is 7. The highest BCUT2D eigenvalue weighted by molar-refractivity contribution is 7.99. The number of thioether (sulfide) groups is 1. The van der Waals surface area contributed by atoms with Crippen molar-refractivity contribution in [3.63, 3.8) is 0 Å². The van der Waals surface area contributed by atoms with Crippen LogP contribution in [0.3, 0.4) is 0 Å². The van der Waals surface area contributed by atoms with Gasteiger partial charge in [-0.15, -0.1) is 5.10 Å². The number of ether oxygens (including phenoxy) is 1. The Morgan fingerprint density at radius 3 is 2.68 bits per heavy atom. The molecule has 4 rings (SSSR count). The minimum absolute atomic E-state index is 0.0476. The molecule has 2 aromatic rings. The van der Waals surface area contributed by atoms with Gasteiger partial charge in [0.15, 0.2) is 9.84 Å². The van der Waals surface area contributed by atoms with Crippen molar-refractivity contribution in [3.8, 4) is 11.4 Å². The Kier molecular flexibility index (Phi) is 6.80. The predicted octanol–water partition coefficient (Wildman–Crippen LogP) is 2.11. The molecule has 1 aromatic carbocycles. The highest BCUT2D eigenvalue weighted by Gasteiger charge is 2.38. The molecule has 9 nitrogen and oxygen atoms in total. The van der Waals surface area contributed by atoms with E-state index in [9.17, 15) is 13.2 Å². The van der Waals surface area contributed by atoms with Gasteiger partial charge in [0.2, 0.25) is 11.1 Å². The van der Waals surface area contributed by atoms with Crippen molar-refractivity contribution in [1.29, 1.82) is 0 Å². The van der Waals surface area contributed by atoms with E-state index in [-0.39, 0.29) is 35.2 Å². The Morgan fingerprint density at radius 2 is 1.97 bits per heavy atom. The van der Waals surface area contributed by atoms with Crippen LogP contribution < -0.4 is 4.74 Å². The number of hydrogen-bond acceptors (Lipinski definition) is 8. The topological polar surface area (TPSA) is 107 Å². The van der Waals surface area contributed by atoms with Gasteiger partial charge in [-0.2, -0.15) is 4.68 Å². The zero-order chi connectivity index (χ0) is 21.8. The van der Waals surface area contributed by atoms with Crippen molar-refractivity contribution in [2.75, 3.05) is 24.4 Å². The molecular weight excluding hydrogens is 438 g/mol. The number of nitrogens with zero attached hydrogens (tertiary/aromatic N) is 5. The molecule has 1 amide bonds. The van der Waals surface area contributed by atoms with Crippen LogP contribution in [0.2, 0.25) is 0 Å². The van der Waals surface area contributed by atoms with Gasteiger partial charge >= 0.3 is 0 Å². The summed E-state index contributed by atoms with van der Waals surface area (Å²) in [7, 11) is -1.49. The maximum absolute atomic E-state index is 13.3. The van der Waals surface area contributed by atoms with Gasteiger partial charge in [-0.05, 0) is 41.8 Å². The Morgan fingerprint density at radius 1 is 1.19 bits per heavy atom. The summed E-state index contributed by atoms with van der Waals surface area (Å²) in [5.74, 6) is 0.964. The Balaban J connectivity index is 1.50. The molecule has 2 fully saturated rings. The second-order valence-electron chi connectivity index (χ2n) is 7.98. The Bertz CT molecular complexity index is 1020. The first-order chi connectivity index (χ1) is 15.0. The fraction of sp³-hybridized carbons (Fsp3) is 0.600. The lowest BCUT2D eigenvalue weighted by molar-refractivity contribution is -0.133. The number of para-hydroxylation sites is 2. The van der Waals surface area contributed by atoms with E-state index in [2.05, 4.69) is 15.5 Å². The summed E-state index contributed by atoms with van der Waals surface area (Å²) in [6.45, 7) is 0. The number of hydrogen-bond donors (Lipinski definition) is 0. The van der Waals surface area contributed by atoms with Gasteiger partial charge in [-0.3, -0.25) is 4.79 Å². The molecule has 0 bridgehead atoms. The number of methoxy groups -OCH3 is 1. The van der Waals surface area contributed by atoms with Crippen molar-refractivity contribution >= 4 is 27.5 Å². The van der Waals surface area contributed by atoms with Crippen LogP contribution >= 0.6 is 11.8 Å². The van der Waals surface area contributed by atoms with Gasteiger partial charge in [0, 0.05) is 12.1 Å². The second kappa shape index (κ2) is 9.56. The molecule has 0 unspecified atom stereocenters. The van der Waals surface area contributed by atoms with Crippen LogP contribution in [-0.2, 0) is 14.6 Å². The first kappa shape index (κ1) is 22.1. The molecule has 0 spiro atoms. The van der Waals surface area contributed by atoms with Crippen molar-refractivity contribution in [2.24, 2.45) is 0 Å². The molecule has 1 aromatic heterocycles. The monoisotopic (exact) mass is 465 g/mol. The van der Waals surface area contributed by atoms with E-state index in [0.29, 0.717) is 23.0 Å². The summed E-state index contributed by atoms with van der Waals surface area (Å²) in [5, 5.41) is 12.4. The largest absolute Gasteiger partial charge is 0.494 e. The summed E-state index contributed by atoms with van der Waals surface area (Å²) >= 11 is 1.26. The second-order valence-corrected chi connectivity index (χ2v) is 11.2. The maximum Gasteiger partial charge on any atom is 0.233 e. The molecule has 2 heterocycles. The quantitative estimate of drug-likeness (QED) is 0.572. The standard InChI is InChI=1S/C20H27N5O4S2/c1-29-18-10-6-5-9-17(18)25-20(21-22-23-25)30-13-19(26)24(15-7-3-2-4-8-15)16-11-12-31(27,28)14-16/h5-6,9-10,15-16H,2-4,7-8,11-14H2,1H3/t16-/m1/s1. The van der Waals surface area contributed by atoms with Gasteiger partial charge < -0.3 is 9.64 Å². The smallest absolute Gasteiger partial charge is 0.233 e. The molecule has 0 radical (unpaired) electrons. The van der Waals surface area contributed by atoms with Gasteiger partial charge in [0.05, 0.1) is 24.4 Å². The van der Waals surface area contributed by atoms with Gasteiger partial charge in [0.1, 0.15) is 11.4 Å². The first-order valence-electron chi connectivity index (χ1n) is 10.5. The molecule has 2 aliphatic rings. The highest BCUT2D eigenvalue weighted by Crippen LogP contribution is 2.30. The molecule has 1 saturated heterocycles. The van der Waals surface area contributed by atoms with Crippen LogP contribution in [0, 0.1) is 0 Å². The van der Waals surface area contributed by atoms with Crippen LogP contribution in [0.15, 0.2) is 29.4 Å². The highest BCUT2D eigenvalue weighted by atomic mass is 32.2. The number of benzene rings is 1. The average molecular weight is 466 g/mol. The third-order valence-electron chi connectivity index (χ3n) is 5.94. The minimum atomic E-state index is -3.07. The summed E-state index contributed by atoms with van der Waals surface area (Å²) in [6, 6.07) is 7.28. The van der Waals surface area contributed by atoms with Gasteiger partial charge in [-0.25, -0.2) is 8.42 Å². The van der Waals surface area contributed by atoms with Gasteiger partial charge in [-0.1, -0.05) is 43.2 Å². The number of aromatic nitrogens is 4. The molecule has 168 valence electrons. The lowest BCUT2D eigenvalue weighted by atomic mass is 9.93. The average Bonchev–Trinajstić information content (AvgIpc) is 3.39. The zero-order valence-corrected chi connectivity index (χ0v) is 19.1. The number of carbonyl (C=O) groups excluding carboxylic acids is 1. The molecule has 11 heteroatoms. The molecule has 1 aliphatic carbocycles. The maximum atomic E-state index is 13.3. The van der Waals surface area contributed by atoms with E-state index < -0.39 is 9.84 Å². The molecule has 1 atom stereocenters. The van der Waals surface area contributed by atoms with Gasteiger partial charge in [0.25, 0.3) is 0 Å². The third kappa shape index (κ3) is 5.03. The van der Waals surface area contributed by atoms with Crippen LogP contribution in [0.1, 0.15) is 38.5 Å². The normalized spacial score (nSPS) is 21.1. The third-order valence-corrected chi connectivity index (χ3v) is 8.59. The molecular formula is C20H27N5O4S2. The number of sulfone groups is 1. The van der Waals surface area contributed by atoms with Crippen LogP contribution in [-0.4, -0.2) is 75.9 Å². The molecule has 1 saturated carbocycles. The van der Waals surface area contributed by atoms with Crippen LogP contribution in [0.5, 0.6) is 5.75 Å². The Labute approximate surface area is 186 Å². The van der Waals surface area contributed by atoms with E-state index in [0.717, 1.165) is 25.7 Å². The SMILES string of the molecule is COc1ccccc1-n1nnnc1SCC(=O)N(C1CCCCC1)[C@@H]1CCS(=O)(=O)C1. The van der Waals surface area contributed by atoms with E-state index in [1.807, 2.05) is 29.2 Å². The van der Waals surface area contributed by atoms with E-state index in [1.54, 1.807) is 11.8 Å². The van der Waals surface area contributed by atoms with Crippen molar-refractivity contribution in [3.05, 3.63) is 24.3 Å². The fourth-order valence-electron chi connectivity index (χ4n) is 4.49. The minimum Gasteiger partial charge on any atom is -0.494 e. The van der Waals surface area contributed by atoms with E-state index in [4.69, 9.17) is 4.74 Å². The number of tetrazole rings is 1. The lowest BCUT2D eigenvalue weighted by Gasteiger charge is -2.38. The predicted molar refractivity (Wildman–Crippen MR) is 117 cm³/mol. The van der Waals surface area contributed by atoms with Crippen LogP contribution in [0.25, 0.3) is 5.69 Å². The molecule has 1 aliphatic heterocycles. The van der Waals surface area contributed by atoms with Crippen molar-refractivity contribution < 1.29 is 17.9 Å². The van der Waals surface area contributed by atoms with Crippen LogP contribution in [0.4, 0.5) is 0 Å². The molecule has 0 N–H and O–H groups in total. The lowest BCUT2D eigenvalue weighted by Crippen LogP contribution is -2.49. The fourth-order valence-corrected chi connectivity index (χ4v) is 6.95. The summed E-state index contributed by atoms with van der Waals surface area (Å²) in [4.78, 5) is 15.2. The molecule has 31 heavy (non-hydrogen) atoms. The van der Waals surface area contributed by atoms with E-state index >= 15 is 0 Å². The number of amides is 1. The zero-order valence-electron chi connectivity index (χ0n) is 17.5. The van der Waals surface area contributed by atoms with Crippen molar-refractivity contribution in [2.45, 2.75) is 55.8 Å². The summed E-state index contributed by atoms with van der Waals surface area (Å²) in [5.41, 5.74) is 0.691. The summed E-state index contributed by atoms with van der Waals surface area (Å²) < 4.78 is 31.1. The van der Waals surface area contributed by atoms with E-state index in [1.165, 1.54) is 18.2 Å². The summed E-state index contributed by atoms with van der Waals surface area (Å²) in [6.07, 6.45) is 5.72. The Hall–Kier alpha value is -2.14.